The molecule has 1 aromatic rings. The van der Waals surface area contributed by atoms with E-state index in [2.05, 4.69) is 5.32 Å². The minimum atomic E-state index is -0.967. The molecular formula is C25H40N2O5. The summed E-state index contributed by atoms with van der Waals surface area (Å²) in [4.78, 5) is 27.1. The summed E-state index contributed by atoms with van der Waals surface area (Å²) in [6, 6.07) is 9.40. The Hall–Kier alpha value is -2.12. The Morgan fingerprint density at radius 2 is 1.75 bits per heavy atom. The highest BCUT2D eigenvalue weighted by molar-refractivity contribution is 5.78. The van der Waals surface area contributed by atoms with Gasteiger partial charge >= 0.3 is 12.1 Å². The van der Waals surface area contributed by atoms with E-state index in [0.717, 1.165) is 5.56 Å². The standard InChI is InChI=1S/C25H40N2O5/c1-7-31-21(28)25(14-17-27(18-15-25)22(29)32-23(3,4)5)19(2)26-16-13-24(6,30)20-11-9-8-10-12-20/h8-12,19,26,30H,7,13-18H2,1-6H3/t19-,24-/m0/s1. The van der Waals surface area contributed by atoms with E-state index in [1.165, 1.54) is 0 Å². The quantitative estimate of drug-likeness (QED) is 0.588. The highest BCUT2D eigenvalue weighted by atomic mass is 16.6. The number of carbonyl (C=O) groups excluding carboxylic acids is 2. The number of ether oxygens (including phenoxy) is 2. The van der Waals surface area contributed by atoms with Gasteiger partial charge in [0.05, 0.1) is 17.6 Å². The second-order valence-electron chi connectivity index (χ2n) is 9.91. The number of hydrogen-bond donors (Lipinski definition) is 2. The Labute approximate surface area is 192 Å². The average Bonchev–Trinajstić information content (AvgIpc) is 2.73. The van der Waals surface area contributed by atoms with Crippen molar-refractivity contribution in [2.24, 2.45) is 5.41 Å². The van der Waals surface area contributed by atoms with Gasteiger partial charge in [0.15, 0.2) is 0 Å². The number of carbonyl (C=O) groups is 2. The fourth-order valence-electron chi connectivity index (χ4n) is 4.17. The molecule has 180 valence electrons. The summed E-state index contributed by atoms with van der Waals surface area (Å²) in [5.74, 6) is -0.237. The van der Waals surface area contributed by atoms with Gasteiger partial charge in [-0.1, -0.05) is 30.3 Å². The van der Waals surface area contributed by atoms with Crippen LogP contribution in [0.4, 0.5) is 4.79 Å². The van der Waals surface area contributed by atoms with E-state index in [1.54, 1.807) is 18.7 Å². The van der Waals surface area contributed by atoms with E-state index >= 15 is 0 Å². The number of likely N-dealkylation sites (tertiary alicyclic amines) is 1. The minimum Gasteiger partial charge on any atom is -0.466 e. The number of hydrogen-bond acceptors (Lipinski definition) is 6. The zero-order chi connectivity index (χ0) is 24.0. The molecule has 0 aliphatic carbocycles. The number of nitrogens with one attached hydrogen (secondary N) is 1. The second-order valence-corrected chi connectivity index (χ2v) is 9.91. The van der Waals surface area contributed by atoms with Gasteiger partial charge in [0.2, 0.25) is 0 Å². The normalized spacial score (nSPS) is 19.0. The average molecular weight is 449 g/mol. The lowest BCUT2D eigenvalue weighted by atomic mass is 9.72. The molecule has 0 saturated carbocycles. The second kappa shape index (κ2) is 10.7. The van der Waals surface area contributed by atoms with Crippen LogP contribution >= 0.6 is 0 Å². The predicted molar refractivity (Wildman–Crippen MR) is 124 cm³/mol. The highest BCUT2D eigenvalue weighted by Gasteiger charge is 2.48. The Bertz CT molecular complexity index is 749. The fourth-order valence-corrected chi connectivity index (χ4v) is 4.17. The first-order valence-corrected chi connectivity index (χ1v) is 11.6. The van der Waals surface area contributed by atoms with Crippen LogP contribution in [0, 0.1) is 5.41 Å². The van der Waals surface area contributed by atoms with Gasteiger partial charge in [0, 0.05) is 19.1 Å². The van der Waals surface area contributed by atoms with Crippen molar-refractivity contribution in [3.8, 4) is 0 Å². The molecule has 1 amide bonds. The van der Waals surface area contributed by atoms with Gasteiger partial charge in [0.25, 0.3) is 0 Å². The summed E-state index contributed by atoms with van der Waals surface area (Å²) >= 11 is 0. The van der Waals surface area contributed by atoms with Gasteiger partial charge in [0.1, 0.15) is 5.60 Å². The van der Waals surface area contributed by atoms with Crippen molar-refractivity contribution in [1.82, 2.24) is 10.2 Å². The van der Waals surface area contributed by atoms with E-state index in [-0.39, 0.29) is 18.1 Å². The predicted octanol–water partition coefficient (Wildman–Crippen LogP) is 3.84. The molecular weight excluding hydrogens is 408 g/mol. The van der Waals surface area contributed by atoms with Crippen molar-refractivity contribution in [3.63, 3.8) is 0 Å². The molecule has 2 N–H and O–H groups in total. The molecule has 1 aliphatic heterocycles. The number of nitrogens with zero attached hydrogens (tertiary/aromatic N) is 1. The molecule has 0 spiro atoms. The molecule has 1 aromatic carbocycles. The van der Waals surface area contributed by atoms with E-state index in [1.807, 2.05) is 58.0 Å². The summed E-state index contributed by atoms with van der Waals surface area (Å²) in [5.41, 5.74) is -1.39. The van der Waals surface area contributed by atoms with Crippen molar-refractivity contribution in [3.05, 3.63) is 35.9 Å². The number of piperidine rings is 1. The molecule has 2 atom stereocenters. The minimum absolute atomic E-state index is 0.172. The van der Waals surface area contributed by atoms with Gasteiger partial charge in [-0.3, -0.25) is 4.79 Å². The zero-order valence-corrected chi connectivity index (χ0v) is 20.4. The molecule has 0 radical (unpaired) electrons. The smallest absolute Gasteiger partial charge is 0.410 e. The third-order valence-electron chi connectivity index (χ3n) is 6.28. The maximum absolute atomic E-state index is 13.0. The van der Waals surface area contributed by atoms with Gasteiger partial charge in [-0.05, 0) is 72.9 Å². The molecule has 0 aromatic heterocycles. The van der Waals surface area contributed by atoms with E-state index in [0.29, 0.717) is 45.5 Å². The van der Waals surface area contributed by atoms with Gasteiger partial charge in [-0.15, -0.1) is 0 Å². The Morgan fingerprint density at radius 1 is 1.16 bits per heavy atom. The molecule has 32 heavy (non-hydrogen) atoms. The van der Waals surface area contributed by atoms with Gasteiger partial charge in [-0.25, -0.2) is 4.79 Å². The van der Waals surface area contributed by atoms with Crippen LogP contribution in [0.5, 0.6) is 0 Å². The summed E-state index contributed by atoms with van der Waals surface area (Å²) in [6.07, 6.45) is 1.14. The third-order valence-corrected chi connectivity index (χ3v) is 6.28. The van der Waals surface area contributed by atoms with Crippen LogP contribution in [0.2, 0.25) is 0 Å². The molecule has 7 nitrogen and oxygen atoms in total. The molecule has 1 saturated heterocycles. The number of rotatable bonds is 8. The Morgan fingerprint density at radius 3 is 2.28 bits per heavy atom. The maximum Gasteiger partial charge on any atom is 0.410 e. The van der Waals surface area contributed by atoms with Crippen LogP contribution in [0.15, 0.2) is 30.3 Å². The number of benzene rings is 1. The summed E-state index contributed by atoms with van der Waals surface area (Å²) in [5, 5.41) is 14.3. The Balaban J connectivity index is 2.02. The van der Waals surface area contributed by atoms with E-state index < -0.39 is 16.6 Å². The molecule has 1 aliphatic rings. The fraction of sp³-hybridized carbons (Fsp3) is 0.680. The molecule has 0 bridgehead atoms. The number of esters is 1. The van der Waals surface area contributed by atoms with Crippen molar-refractivity contribution in [2.45, 2.75) is 78.0 Å². The van der Waals surface area contributed by atoms with Crippen LogP contribution < -0.4 is 5.32 Å². The molecule has 2 rings (SSSR count). The van der Waals surface area contributed by atoms with E-state index in [9.17, 15) is 14.7 Å². The van der Waals surface area contributed by atoms with Crippen molar-refractivity contribution < 1.29 is 24.2 Å². The van der Waals surface area contributed by atoms with Gasteiger partial charge < -0.3 is 24.8 Å². The first-order chi connectivity index (χ1) is 14.9. The van der Waals surface area contributed by atoms with E-state index in [4.69, 9.17) is 9.47 Å². The Kier molecular flexibility index (Phi) is 8.71. The van der Waals surface area contributed by atoms with Crippen LogP contribution in [0.3, 0.4) is 0 Å². The van der Waals surface area contributed by atoms with Crippen molar-refractivity contribution in [2.75, 3.05) is 26.2 Å². The third kappa shape index (κ3) is 6.69. The number of aliphatic hydroxyl groups is 1. The zero-order valence-electron chi connectivity index (χ0n) is 20.4. The first kappa shape index (κ1) is 26.1. The SMILES string of the molecule is CCOC(=O)C1([C@H](C)NCC[C@](C)(O)c2ccccc2)CCN(C(=O)OC(C)(C)C)CC1. The van der Waals surface area contributed by atoms with Crippen molar-refractivity contribution in [1.29, 1.82) is 0 Å². The van der Waals surface area contributed by atoms with Crippen molar-refractivity contribution >= 4 is 12.1 Å². The molecule has 7 heteroatoms. The number of amides is 1. The molecule has 0 unspecified atom stereocenters. The lowest BCUT2D eigenvalue weighted by Crippen LogP contribution is -2.56. The highest BCUT2D eigenvalue weighted by Crippen LogP contribution is 2.37. The first-order valence-electron chi connectivity index (χ1n) is 11.6. The topological polar surface area (TPSA) is 88.1 Å². The maximum atomic E-state index is 13.0. The largest absolute Gasteiger partial charge is 0.466 e. The van der Waals surface area contributed by atoms with Crippen LogP contribution in [0.25, 0.3) is 0 Å². The van der Waals surface area contributed by atoms with Crippen LogP contribution in [0.1, 0.15) is 66.4 Å². The monoisotopic (exact) mass is 448 g/mol. The summed E-state index contributed by atoms with van der Waals surface area (Å²) in [6.45, 7) is 12.8. The van der Waals surface area contributed by atoms with Crippen LogP contribution in [-0.4, -0.2) is 60.0 Å². The summed E-state index contributed by atoms with van der Waals surface area (Å²) in [7, 11) is 0. The van der Waals surface area contributed by atoms with Crippen LogP contribution in [-0.2, 0) is 19.9 Å². The molecule has 1 heterocycles. The lowest BCUT2D eigenvalue weighted by Gasteiger charge is -2.44. The lowest BCUT2D eigenvalue weighted by molar-refractivity contribution is -0.160. The van der Waals surface area contributed by atoms with Gasteiger partial charge in [-0.2, -0.15) is 0 Å². The molecule has 1 fully saturated rings. The summed E-state index contributed by atoms with van der Waals surface area (Å²) < 4.78 is 10.9.